The Morgan fingerprint density at radius 2 is 2.00 bits per heavy atom. The van der Waals surface area contributed by atoms with Crippen molar-refractivity contribution in [2.24, 2.45) is 29.1 Å². The first-order valence-corrected chi connectivity index (χ1v) is 8.62. The second-order valence-corrected chi connectivity index (χ2v) is 7.91. The molecule has 0 heteroatoms. The fourth-order valence-electron chi connectivity index (χ4n) is 5.95. The number of fused-ring (bicyclic) bond motifs is 5. The van der Waals surface area contributed by atoms with Crippen LogP contribution in [0.3, 0.4) is 0 Å². The molecule has 104 valence electrons. The van der Waals surface area contributed by atoms with Crippen molar-refractivity contribution in [1.82, 2.24) is 0 Å². The number of hydrogen-bond donors (Lipinski definition) is 0. The molecule has 0 aromatic heterocycles. The van der Waals surface area contributed by atoms with Gasteiger partial charge in [-0.2, -0.15) is 0 Å². The third-order valence-electron chi connectivity index (χ3n) is 7.03. The molecule has 2 fully saturated rings. The normalized spacial score (nSPS) is 48.8. The molecule has 0 radical (unpaired) electrons. The van der Waals surface area contributed by atoms with Crippen LogP contribution in [0.25, 0.3) is 0 Å². The maximum Gasteiger partial charge on any atom is -0.0172 e. The summed E-state index contributed by atoms with van der Waals surface area (Å²) in [6.07, 6.45) is 20.6. The fraction of sp³-hybridized carbons (Fsp3) is 0.789. The summed E-state index contributed by atoms with van der Waals surface area (Å²) in [5.41, 5.74) is 2.50. The molecule has 2 saturated carbocycles. The Morgan fingerprint density at radius 3 is 2.95 bits per heavy atom. The van der Waals surface area contributed by atoms with Crippen molar-refractivity contribution in [2.45, 2.75) is 64.7 Å². The van der Waals surface area contributed by atoms with Gasteiger partial charge in [0, 0.05) is 0 Å². The van der Waals surface area contributed by atoms with Crippen LogP contribution in [-0.4, -0.2) is 0 Å². The van der Waals surface area contributed by atoms with Crippen LogP contribution < -0.4 is 0 Å². The van der Waals surface area contributed by atoms with Gasteiger partial charge >= 0.3 is 0 Å². The Labute approximate surface area is 118 Å². The molecule has 0 heterocycles. The molecule has 0 aliphatic heterocycles. The van der Waals surface area contributed by atoms with Crippen LogP contribution in [0.2, 0.25) is 0 Å². The Morgan fingerprint density at radius 1 is 1.05 bits per heavy atom. The van der Waals surface area contributed by atoms with Gasteiger partial charge in [0.1, 0.15) is 0 Å². The minimum absolute atomic E-state index is 0.635. The summed E-state index contributed by atoms with van der Waals surface area (Å²) >= 11 is 0. The SMILES string of the molecule is CC12CC=CCC1C1CC=C3CCCCC3C1CC2. The highest BCUT2D eigenvalue weighted by atomic mass is 14.5. The predicted octanol–water partition coefficient (Wildman–Crippen LogP) is 5.51. The van der Waals surface area contributed by atoms with Crippen molar-refractivity contribution in [3.05, 3.63) is 23.8 Å². The number of hydrogen-bond acceptors (Lipinski definition) is 0. The minimum atomic E-state index is 0.635. The molecule has 0 aromatic carbocycles. The summed E-state index contributed by atoms with van der Waals surface area (Å²) in [5.74, 6) is 4.03. The zero-order valence-corrected chi connectivity index (χ0v) is 12.4. The second-order valence-electron chi connectivity index (χ2n) is 7.91. The maximum atomic E-state index is 2.68. The molecule has 0 nitrogen and oxygen atoms in total. The second kappa shape index (κ2) is 4.50. The standard InChI is InChI=1S/C19H28/c1-19-12-5-4-8-18(19)17-10-9-14-6-2-3-7-15(14)16(17)11-13-19/h4-5,9,15-18H,2-3,6-8,10-13H2,1H3. The molecule has 0 spiro atoms. The summed E-state index contributed by atoms with van der Waals surface area (Å²) in [4.78, 5) is 0. The van der Waals surface area contributed by atoms with Crippen LogP contribution in [0, 0.1) is 29.1 Å². The van der Waals surface area contributed by atoms with Gasteiger partial charge in [-0.15, -0.1) is 0 Å². The van der Waals surface area contributed by atoms with E-state index in [1.54, 1.807) is 0 Å². The van der Waals surface area contributed by atoms with Crippen LogP contribution in [0.1, 0.15) is 64.7 Å². The molecule has 19 heavy (non-hydrogen) atoms. The van der Waals surface area contributed by atoms with Gasteiger partial charge in [0.2, 0.25) is 0 Å². The van der Waals surface area contributed by atoms with Gasteiger partial charge in [-0.25, -0.2) is 0 Å². The third kappa shape index (κ3) is 1.86. The molecule has 0 aromatic rings. The summed E-state index contributed by atoms with van der Waals surface area (Å²) in [6.45, 7) is 2.58. The summed E-state index contributed by atoms with van der Waals surface area (Å²) in [6, 6.07) is 0. The van der Waals surface area contributed by atoms with Crippen LogP contribution in [0.15, 0.2) is 23.8 Å². The lowest BCUT2D eigenvalue weighted by Crippen LogP contribution is -2.46. The van der Waals surface area contributed by atoms with Crippen LogP contribution >= 0.6 is 0 Å². The molecule has 0 bridgehead atoms. The van der Waals surface area contributed by atoms with Crippen molar-refractivity contribution in [3.8, 4) is 0 Å². The maximum absolute atomic E-state index is 2.68. The number of allylic oxidation sites excluding steroid dienone is 4. The predicted molar refractivity (Wildman–Crippen MR) is 80.8 cm³/mol. The van der Waals surface area contributed by atoms with Gasteiger partial charge in [0.25, 0.3) is 0 Å². The smallest absolute Gasteiger partial charge is 0.0172 e. The lowest BCUT2D eigenvalue weighted by molar-refractivity contribution is -0.0125. The molecule has 0 N–H and O–H groups in total. The Bertz CT molecular complexity index is 416. The monoisotopic (exact) mass is 256 g/mol. The highest BCUT2D eigenvalue weighted by Crippen LogP contribution is 2.58. The molecule has 0 amide bonds. The van der Waals surface area contributed by atoms with E-state index in [9.17, 15) is 0 Å². The van der Waals surface area contributed by atoms with E-state index in [0.29, 0.717) is 5.41 Å². The van der Waals surface area contributed by atoms with E-state index in [1.807, 2.05) is 5.57 Å². The Kier molecular flexibility index (Phi) is 2.90. The zero-order valence-electron chi connectivity index (χ0n) is 12.4. The average Bonchev–Trinajstić information content (AvgIpc) is 2.46. The van der Waals surface area contributed by atoms with Crippen LogP contribution in [0.4, 0.5) is 0 Å². The van der Waals surface area contributed by atoms with Crippen LogP contribution in [-0.2, 0) is 0 Å². The van der Waals surface area contributed by atoms with E-state index in [4.69, 9.17) is 0 Å². The van der Waals surface area contributed by atoms with Gasteiger partial charge < -0.3 is 0 Å². The molecular weight excluding hydrogens is 228 g/mol. The molecular formula is C19H28. The van der Waals surface area contributed by atoms with Crippen molar-refractivity contribution in [3.63, 3.8) is 0 Å². The largest absolute Gasteiger partial charge is 0.0882 e. The summed E-state index contributed by atoms with van der Waals surface area (Å²) in [5, 5.41) is 0. The Hall–Kier alpha value is -0.520. The van der Waals surface area contributed by atoms with E-state index < -0.39 is 0 Å². The highest BCUT2D eigenvalue weighted by molar-refractivity contribution is 5.19. The van der Waals surface area contributed by atoms with Crippen molar-refractivity contribution >= 4 is 0 Å². The lowest BCUT2D eigenvalue weighted by atomic mass is 9.50. The van der Waals surface area contributed by atoms with E-state index in [1.165, 1.54) is 57.8 Å². The van der Waals surface area contributed by atoms with Gasteiger partial charge in [-0.3, -0.25) is 0 Å². The third-order valence-corrected chi connectivity index (χ3v) is 7.03. The zero-order chi connectivity index (χ0) is 12.9. The average molecular weight is 256 g/mol. The topological polar surface area (TPSA) is 0 Å². The molecule has 4 aliphatic rings. The highest BCUT2D eigenvalue weighted by Gasteiger charge is 2.49. The van der Waals surface area contributed by atoms with Crippen LogP contribution in [0.5, 0.6) is 0 Å². The van der Waals surface area contributed by atoms with E-state index in [-0.39, 0.29) is 0 Å². The molecule has 5 atom stereocenters. The fourth-order valence-corrected chi connectivity index (χ4v) is 5.95. The first kappa shape index (κ1) is 12.2. The molecule has 0 saturated heterocycles. The van der Waals surface area contributed by atoms with E-state index in [2.05, 4.69) is 25.2 Å². The lowest BCUT2D eigenvalue weighted by Gasteiger charge is -2.55. The van der Waals surface area contributed by atoms with Gasteiger partial charge in [0.15, 0.2) is 0 Å². The van der Waals surface area contributed by atoms with Gasteiger partial charge in [0.05, 0.1) is 0 Å². The van der Waals surface area contributed by atoms with Crippen molar-refractivity contribution in [1.29, 1.82) is 0 Å². The first-order valence-electron chi connectivity index (χ1n) is 8.62. The van der Waals surface area contributed by atoms with Crippen molar-refractivity contribution < 1.29 is 0 Å². The van der Waals surface area contributed by atoms with E-state index in [0.717, 1.165) is 23.7 Å². The van der Waals surface area contributed by atoms with Gasteiger partial charge in [-0.1, -0.05) is 37.1 Å². The van der Waals surface area contributed by atoms with E-state index >= 15 is 0 Å². The summed E-state index contributed by atoms with van der Waals surface area (Å²) < 4.78 is 0. The van der Waals surface area contributed by atoms with Crippen molar-refractivity contribution in [2.75, 3.05) is 0 Å². The molecule has 4 rings (SSSR count). The molecule has 4 aliphatic carbocycles. The first-order chi connectivity index (χ1) is 9.28. The quantitative estimate of drug-likeness (QED) is 0.502. The number of rotatable bonds is 0. The summed E-state index contributed by atoms with van der Waals surface area (Å²) in [7, 11) is 0. The molecule has 5 unspecified atom stereocenters. The Balaban J connectivity index is 1.65. The minimum Gasteiger partial charge on any atom is -0.0882 e. The van der Waals surface area contributed by atoms with Gasteiger partial charge in [-0.05, 0) is 80.5 Å².